The molecule has 13 heteroatoms. The van der Waals surface area contributed by atoms with Crippen LogP contribution in [0.25, 0.3) is 0 Å². The molecule has 11 nitrogen and oxygen atoms in total. The number of carbonyl (C=O) groups excluding carboxylic acids is 2. The van der Waals surface area contributed by atoms with E-state index >= 15 is 0 Å². The Morgan fingerprint density at radius 1 is 0.532 bits per heavy atom. The number of hydrogen-bond donors (Lipinski definition) is 0. The van der Waals surface area contributed by atoms with E-state index in [4.69, 9.17) is 14.2 Å². The Morgan fingerprint density at radius 2 is 0.935 bits per heavy atom. The Labute approximate surface area is 367 Å². The van der Waals surface area contributed by atoms with E-state index in [1.54, 1.807) is 54.9 Å². The van der Waals surface area contributed by atoms with E-state index in [0.29, 0.717) is 45.8 Å². The second-order valence-electron chi connectivity index (χ2n) is 14.3. The summed E-state index contributed by atoms with van der Waals surface area (Å²) in [5.41, 5.74) is 2.03. The monoisotopic (exact) mass is 882 g/mol. The molecule has 0 radical (unpaired) electrons. The first-order valence-corrected chi connectivity index (χ1v) is 23.8. The molecule has 4 aromatic rings. The van der Waals surface area contributed by atoms with Crippen molar-refractivity contribution in [3.63, 3.8) is 0 Å². The van der Waals surface area contributed by atoms with Crippen LogP contribution in [0.2, 0.25) is 0 Å². The number of carbonyl (C=O) groups is 2. The van der Waals surface area contributed by atoms with Crippen LogP contribution in [0.5, 0.6) is 0 Å². The van der Waals surface area contributed by atoms with Crippen LogP contribution in [-0.2, 0) is 56.6 Å². The summed E-state index contributed by atoms with van der Waals surface area (Å²) in [6.07, 6.45) is 15.0. The van der Waals surface area contributed by atoms with Gasteiger partial charge in [0.1, 0.15) is 0 Å². The van der Waals surface area contributed by atoms with Crippen molar-refractivity contribution < 1.29 is 40.6 Å². The number of rotatable bonds is 27. The minimum absolute atomic E-state index is 0.000921. The fraction of sp³-hybridized carbons (Fsp3) is 0.306. The first-order chi connectivity index (χ1) is 30.1. The van der Waals surface area contributed by atoms with Gasteiger partial charge in [0.2, 0.25) is 19.7 Å². The molecule has 0 aliphatic heterocycles. The maximum absolute atomic E-state index is 13.7. The highest BCUT2D eigenvalue weighted by atomic mass is 32.2. The molecule has 0 atom stereocenters. The molecule has 0 fully saturated rings. The Bertz CT molecular complexity index is 2300. The third kappa shape index (κ3) is 16.3. The van der Waals surface area contributed by atoms with Gasteiger partial charge in [-0.15, -0.1) is 0 Å². The quantitative estimate of drug-likeness (QED) is 0.0246. The summed E-state index contributed by atoms with van der Waals surface area (Å²) in [7, 11) is -7.19. The highest BCUT2D eigenvalue weighted by Crippen LogP contribution is 2.22. The molecule has 0 bridgehead atoms. The number of allylic oxidation sites excluding steroid dienone is 4. The topological polar surface area (TPSA) is 137 Å². The lowest BCUT2D eigenvalue weighted by molar-refractivity contribution is -0.138. The van der Waals surface area contributed by atoms with E-state index in [2.05, 4.69) is 6.92 Å². The highest BCUT2D eigenvalue weighted by molar-refractivity contribution is 7.96. The van der Waals surface area contributed by atoms with Crippen LogP contribution in [0, 0.1) is 0 Å². The predicted molar refractivity (Wildman–Crippen MR) is 243 cm³/mol. The van der Waals surface area contributed by atoms with Crippen LogP contribution in [0.1, 0.15) is 56.6 Å². The third-order valence-electron chi connectivity index (χ3n) is 9.60. The summed E-state index contributed by atoms with van der Waals surface area (Å²) in [5, 5.41) is 0. The molecule has 0 saturated carbocycles. The number of hydrogen-bond acceptors (Lipinski definition) is 11. The zero-order valence-electron chi connectivity index (χ0n) is 35.6. The summed E-state index contributed by atoms with van der Waals surface area (Å²) in [4.78, 5) is 28.9. The summed E-state index contributed by atoms with van der Waals surface area (Å²) >= 11 is 0. The smallest absolute Gasteiger partial charge is 0.350 e. The van der Waals surface area contributed by atoms with Crippen LogP contribution in [0.3, 0.4) is 0 Å². The van der Waals surface area contributed by atoms with Gasteiger partial charge in [-0.05, 0) is 78.5 Å². The van der Waals surface area contributed by atoms with Crippen molar-refractivity contribution in [2.45, 2.75) is 68.3 Å². The van der Waals surface area contributed by atoms with Crippen LogP contribution < -0.4 is 0 Å². The molecule has 0 spiro atoms. The van der Waals surface area contributed by atoms with Gasteiger partial charge in [0.15, 0.2) is 9.81 Å². The van der Waals surface area contributed by atoms with Gasteiger partial charge in [0, 0.05) is 26.2 Å². The molecule has 62 heavy (non-hydrogen) atoms. The number of nitrogens with zero attached hydrogens (tertiary/aromatic N) is 2. The number of methoxy groups -OCH3 is 1. The van der Waals surface area contributed by atoms with E-state index in [9.17, 15) is 26.4 Å². The van der Waals surface area contributed by atoms with E-state index in [1.165, 1.54) is 42.5 Å². The number of benzene rings is 4. The van der Waals surface area contributed by atoms with Crippen LogP contribution in [0.15, 0.2) is 178 Å². The fourth-order valence-electron chi connectivity index (χ4n) is 6.23. The summed E-state index contributed by atoms with van der Waals surface area (Å²) in [5.74, 6) is -1.87. The fourth-order valence-corrected chi connectivity index (χ4v) is 8.86. The molecule has 4 rings (SSSR count). The molecule has 0 aliphatic rings. The molecule has 0 amide bonds. The number of unbranched alkanes of at least 4 members (excludes halogenated alkanes) is 5. The van der Waals surface area contributed by atoms with Crippen molar-refractivity contribution in [3.05, 3.63) is 179 Å². The summed E-state index contributed by atoms with van der Waals surface area (Å²) in [6.45, 7) is 4.72. The van der Waals surface area contributed by atoms with Gasteiger partial charge >= 0.3 is 11.9 Å². The third-order valence-corrected chi connectivity index (χ3v) is 13.1. The lowest BCUT2D eigenvalue weighted by Crippen LogP contribution is -2.25. The van der Waals surface area contributed by atoms with E-state index < -0.39 is 41.4 Å². The van der Waals surface area contributed by atoms with Gasteiger partial charge in [-0.25, -0.2) is 26.4 Å². The van der Waals surface area contributed by atoms with Crippen LogP contribution in [-0.4, -0.2) is 78.6 Å². The molecule has 0 heterocycles. The van der Waals surface area contributed by atoms with Gasteiger partial charge in [-0.2, -0.15) is 0 Å². The standard InChI is InChI=1S/C49H58N2O9S2/c1-3-4-5-6-7-20-37-60-49(53)47(62(56,57)45-29-18-11-19-30-45)32-22-34-51(41-43-25-14-9-15-26-43)36-39-59-38-35-50(40-42-23-12-8-13-24-42)33-21-31-46(48(52)58-2)61(54,55)44-27-16-10-17-28-44/h8-19,21-34H,3-7,20,35-41H2,1-2H3/b33-21+,34-22+,46-31-,47-32-. The minimum Gasteiger partial charge on any atom is -0.465 e. The maximum Gasteiger partial charge on any atom is 0.350 e. The number of sulfone groups is 2. The molecule has 4 aromatic carbocycles. The molecule has 0 saturated heterocycles. The van der Waals surface area contributed by atoms with Crippen molar-refractivity contribution in [1.29, 1.82) is 0 Å². The molecule has 0 aliphatic carbocycles. The predicted octanol–water partition coefficient (Wildman–Crippen LogP) is 8.83. The van der Waals surface area contributed by atoms with Gasteiger partial charge < -0.3 is 24.0 Å². The molecule has 0 unspecified atom stereocenters. The lowest BCUT2D eigenvalue weighted by atomic mass is 10.1. The van der Waals surface area contributed by atoms with Gasteiger partial charge in [0.05, 0.1) is 36.7 Å². The number of esters is 2. The largest absolute Gasteiger partial charge is 0.465 e. The summed E-state index contributed by atoms with van der Waals surface area (Å²) in [6, 6.07) is 35.1. The van der Waals surface area contributed by atoms with Crippen molar-refractivity contribution in [2.24, 2.45) is 0 Å². The highest BCUT2D eigenvalue weighted by Gasteiger charge is 2.28. The van der Waals surface area contributed by atoms with E-state index in [-0.39, 0.29) is 16.4 Å². The van der Waals surface area contributed by atoms with Crippen molar-refractivity contribution in [2.75, 3.05) is 40.0 Å². The maximum atomic E-state index is 13.7. The molecule has 0 aromatic heterocycles. The number of ether oxygens (including phenoxy) is 3. The minimum atomic E-state index is -4.18. The molecular formula is C49H58N2O9S2. The van der Waals surface area contributed by atoms with Gasteiger partial charge in [0.25, 0.3) is 0 Å². The zero-order chi connectivity index (χ0) is 44.5. The molecule has 0 N–H and O–H groups in total. The second kappa shape index (κ2) is 26.5. The first-order valence-electron chi connectivity index (χ1n) is 20.8. The lowest BCUT2D eigenvalue weighted by Gasteiger charge is -2.23. The van der Waals surface area contributed by atoms with Crippen molar-refractivity contribution in [1.82, 2.24) is 9.80 Å². The zero-order valence-corrected chi connectivity index (χ0v) is 37.2. The average molecular weight is 883 g/mol. The Hall–Kier alpha value is -5.76. The SMILES string of the molecule is CCCCCCCCOC(=O)/C(=C/C=C/N(CCOCCN(/C=C/C=C(/C(=O)OC)S(=O)(=O)c1ccccc1)Cc1ccccc1)Cc1ccccc1)S(=O)(=O)c1ccccc1. The van der Waals surface area contributed by atoms with Gasteiger partial charge in [-0.3, -0.25) is 0 Å². The van der Waals surface area contributed by atoms with Crippen LogP contribution in [0.4, 0.5) is 0 Å². The Kier molecular flexibility index (Phi) is 20.9. The Balaban J connectivity index is 1.48. The van der Waals surface area contributed by atoms with E-state index in [0.717, 1.165) is 50.3 Å². The van der Waals surface area contributed by atoms with E-state index in [1.807, 2.05) is 70.5 Å². The second-order valence-corrected chi connectivity index (χ2v) is 18.1. The Morgan fingerprint density at radius 3 is 1.37 bits per heavy atom. The first kappa shape index (κ1) is 48.9. The normalized spacial score (nSPS) is 12.4. The van der Waals surface area contributed by atoms with Gasteiger partial charge in [-0.1, -0.05) is 136 Å². The van der Waals surface area contributed by atoms with Crippen molar-refractivity contribution in [3.8, 4) is 0 Å². The van der Waals surface area contributed by atoms with Crippen LogP contribution >= 0.6 is 0 Å². The van der Waals surface area contributed by atoms with Crippen molar-refractivity contribution >= 4 is 31.6 Å². The average Bonchev–Trinajstić information content (AvgIpc) is 3.29. The molecule has 330 valence electrons. The molecular weight excluding hydrogens is 825 g/mol. The summed E-state index contributed by atoms with van der Waals surface area (Å²) < 4.78 is 70.5.